The molecular weight excluding hydrogens is 526 g/mol. The number of rotatable bonds is 6. The van der Waals surface area contributed by atoms with Gasteiger partial charge in [-0.25, -0.2) is 13.2 Å². The summed E-state index contributed by atoms with van der Waals surface area (Å²) in [7, 11) is -3.12. The summed E-state index contributed by atoms with van der Waals surface area (Å²) >= 11 is 0. The van der Waals surface area contributed by atoms with Crippen LogP contribution in [0.4, 0.5) is 16.3 Å². The first-order valence-electron chi connectivity index (χ1n) is 12.2. The summed E-state index contributed by atoms with van der Waals surface area (Å²) in [5, 5.41) is 16.9. The number of hydrogen-bond acceptors (Lipinski definition) is 9. The standard InChI is InChI=1S/C25H29N7O6S/c1-24(2,3)38-23(35)31-15-25(16-31,8-9-26)32-14-19(20(27)33)21(29-32)28-18-6-4-17(5-7-18)22(34)30-10-12-39(36,37)13-11-30/h4,6,14H,8,10-13,15-16H2,1-3H3,(H2,27,33)(H,28,29). The van der Waals surface area contributed by atoms with Gasteiger partial charge in [-0.3, -0.25) is 14.3 Å². The first kappa shape index (κ1) is 27.7. The Hall–Kier alpha value is -4.30. The summed E-state index contributed by atoms with van der Waals surface area (Å²) in [5.74, 6) is -1.16. The van der Waals surface area contributed by atoms with Crippen LogP contribution in [0.25, 0.3) is 0 Å². The van der Waals surface area contributed by atoms with Crippen LogP contribution >= 0.6 is 0 Å². The van der Waals surface area contributed by atoms with Gasteiger partial charge in [-0.2, -0.15) is 10.4 Å². The average molecular weight is 556 g/mol. The number of primary amides is 1. The third-order valence-corrected chi connectivity index (χ3v) is 7.97. The van der Waals surface area contributed by atoms with Gasteiger partial charge in [-0.15, -0.1) is 0 Å². The minimum Gasteiger partial charge on any atom is -0.444 e. The summed E-state index contributed by atoms with van der Waals surface area (Å²) < 4.78 is 30.1. The molecule has 2 fully saturated rings. The number of hydrogen-bond donors (Lipinski definition) is 2. The van der Waals surface area contributed by atoms with E-state index in [-0.39, 0.29) is 67.0 Å². The predicted molar refractivity (Wildman–Crippen MR) is 139 cm³/mol. The largest absolute Gasteiger partial charge is 0.444 e. The number of amides is 3. The SMILES string of the molecule is CC(C)(C)OC(=O)N1CC(CC#N)(n2cc(C(N)=O)c(Nc3c#cc(C(=O)N4CCS(=O)(=O)CC4)cc3)n2)C1. The van der Waals surface area contributed by atoms with Crippen LogP contribution < -0.4 is 11.1 Å². The number of carbonyl (C=O) groups excluding carboxylic acids is 3. The molecule has 2 aromatic rings. The van der Waals surface area contributed by atoms with Gasteiger partial charge in [0.25, 0.3) is 11.8 Å². The van der Waals surface area contributed by atoms with Gasteiger partial charge in [0.05, 0.1) is 48.3 Å². The normalized spacial score (nSPS) is 17.8. The fourth-order valence-corrected chi connectivity index (χ4v) is 5.49. The average Bonchev–Trinajstić information content (AvgIpc) is 3.24. The van der Waals surface area contributed by atoms with Crippen molar-refractivity contribution in [3.63, 3.8) is 0 Å². The lowest BCUT2D eigenvalue weighted by Gasteiger charge is -2.48. The first-order chi connectivity index (χ1) is 18.2. The van der Waals surface area contributed by atoms with E-state index in [2.05, 4.69) is 28.6 Å². The first-order valence-corrected chi connectivity index (χ1v) is 14.0. The van der Waals surface area contributed by atoms with E-state index in [9.17, 15) is 28.1 Å². The number of nitrogens with zero attached hydrogens (tertiary/aromatic N) is 5. The predicted octanol–water partition coefficient (Wildman–Crippen LogP) is 1.06. The molecule has 0 bridgehead atoms. The molecule has 39 heavy (non-hydrogen) atoms. The number of ether oxygens (including phenoxy) is 1. The molecule has 3 amide bonds. The van der Waals surface area contributed by atoms with Crippen molar-refractivity contribution in [3.8, 4) is 6.07 Å². The zero-order valence-electron chi connectivity index (χ0n) is 21.9. The van der Waals surface area contributed by atoms with Crippen LogP contribution in [-0.4, -0.2) is 89.2 Å². The summed E-state index contributed by atoms with van der Waals surface area (Å²) in [6.45, 7) is 5.82. The Kier molecular flexibility index (Phi) is 7.19. The molecule has 4 rings (SSSR count). The van der Waals surface area contributed by atoms with Gasteiger partial charge in [-0.05, 0) is 39.0 Å². The Balaban J connectivity index is 1.50. The molecule has 2 aliphatic heterocycles. The van der Waals surface area contributed by atoms with E-state index < -0.39 is 33.0 Å². The fraction of sp³-hybridized carbons (Fsp3) is 0.480. The minimum atomic E-state index is -3.12. The molecule has 3 N–H and O–H groups in total. The molecule has 13 nitrogen and oxygen atoms in total. The molecule has 1 aromatic carbocycles. The van der Waals surface area contributed by atoms with Gasteiger partial charge in [0.15, 0.2) is 15.7 Å². The Labute approximate surface area is 226 Å². The van der Waals surface area contributed by atoms with Gasteiger partial charge in [0.1, 0.15) is 16.7 Å². The van der Waals surface area contributed by atoms with Gasteiger partial charge >= 0.3 is 6.09 Å². The topological polar surface area (TPSA) is 181 Å². The van der Waals surface area contributed by atoms with E-state index >= 15 is 0 Å². The van der Waals surface area contributed by atoms with Crippen molar-refractivity contribution in [1.82, 2.24) is 19.6 Å². The van der Waals surface area contributed by atoms with Crippen LogP contribution in [0.3, 0.4) is 0 Å². The van der Waals surface area contributed by atoms with E-state index in [0.717, 1.165) is 0 Å². The van der Waals surface area contributed by atoms with Crippen molar-refractivity contribution in [2.45, 2.75) is 38.3 Å². The number of aromatic nitrogens is 2. The summed E-state index contributed by atoms with van der Waals surface area (Å²) in [4.78, 5) is 40.2. The lowest BCUT2D eigenvalue weighted by Crippen LogP contribution is -2.64. The van der Waals surface area contributed by atoms with E-state index in [4.69, 9.17) is 10.5 Å². The highest BCUT2D eigenvalue weighted by Crippen LogP contribution is 2.35. The number of carbonyl (C=O) groups is 3. The van der Waals surface area contributed by atoms with Gasteiger partial charge < -0.3 is 25.6 Å². The monoisotopic (exact) mass is 555 g/mol. The maximum Gasteiger partial charge on any atom is 0.410 e. The van der Waals surface area contributed by atoms with E-state index in [1.165, 1.54) is 26.7 Å². The molecular formula is C25H29N7O6S. The third kappa shape index (κ3) is 6.07. The highest BCUT2D eigenvalue weighted by Gasteiger charge is 2.49. The summed E-state index contributed by atoms with van der Waals surface area (Å²) in [6.07, 6.45) is 0.947. The molecule has 206 valence electrons. The van der Waals surface area contributed by atoms with Gasteiger partial charge in [-0.1, -0.05) is 6.07 Å². The van der Waals surface area contributed by atoms with E-state index in [1.54, 1.807) is 26.8 Å². The fourth-order valence-electron chi connectivity index (χ4n) is 4.29. The van der Waals surface area contributed by atoms with Crippen molar-refractivity contribution >= 4 is 39.3 Å². The molecule has 0 spiro atoms. The van der Waals surface area contributed by atoms with Crippen LogP contribution in [0.5, 0.6) is 0 Å². The van der Waals surface area contributed by atoms with Crippen molar-refractivity contribution < 1.29 is 27.5 Å². The van der Waals surface area contributed by atoms with Gasteiger partial charge in [0.2, 0.25) is 0 Å². The maximum atomic E-state index is 12.7. The Morgan fingerprint density at radius 2 is 1.85 bits per heavy atom. The number of nitrogens with one attached hydrogen (secondary N) is 1. The number of anilines is 2. The molecule has 1 aromatic heterocycles. The second kappa shape index (κ2) is 10.1. The van der Waals surface area contributed by atoms with Crippen LogP contribution in [0.15, 0.2) is 18.3 Å². The van der Waals surface area contributed by atoms with Crippen molar-refractivity contribution in [2.24, 2.45) is 5.73 Å². The number of likely N-dealkylation sites (tertiary alicyclic amines) is 1. The second-order valence-corrected chi connectivity index (χ2v) is 12.9. The molecule has 2 saturated heterocycles. The highest BCUT2D eigenvalue weighted by molar-refractivity contribution is 7.91. The summed E-state index contributed by atoms with van der Waals surface area (Å²) in [6, 6.07) is 10.7. The molecule has 0 atom stereocenters. The van der Waals surface area contributed by atoms with E-state index in [0.29, 0.717) is 5.69 Å². The number of nitriles is 1. The Morgan fingerprint density at radius 3 is 2.38 bits per heavy atom. The Bertz CT molecular complexity index is 1420. The number of sulfone groups is 1. The lowest BCUT2D eigenvalue weighted by molar-refractivity contribution is -0.0313. The molecule has 14 heteroatoms. The molecule has 0 saturated carbocycles. The number of nitrogens with two attached hydrogens (primary N) is 1. The van der Waals surface area contributed by atoms with Crippen molar-refractivity contribution in [1.29, 1.82) is 5.26 Å². The molecule has 3 heterocycles. The van der Waals surface area contributed by atoms with Crippen molar-refractivity contribution in [3.05, 3.63) is 41.6 Å². The van der Waals surface area contributed by atoms with Crippen molar-refractivity contribution in [2.75, 3.05) is 43.0 Å². The quantitative estimate of drug-likeness (QED) is 0.527. The summed E-state index contributed by atoms with van der Waals surface area (Å²) in [5.41, 5.74) is 4.65. The van der Waals surface area contributed by atoms with Gasteiger partial charge in [0, 0.05) is 19.3 Å². The highest BCUT2D eigenvalue weighted by atomic mass is 32.2. The van der Waals surface area contributed by atoms with E-state index in [1.807, 2.05) is 0 Å². The smallest absolute Gasteiger partial charge is 0.410 e. The molecule has 2 aliphatic rings. The molecule has 0 unspecified atom stereocenters. The molecule has 0 radical (unpaired) electrons. The lowest BCUT2D eigenvalue weighted by atomic mass is 9.87. The van der Waals surface area contributed by atoms with Crippen LogP contribution in [0.1, 0.15) is 47.9 Å². The van der Waals surface area contributed by atoms with Crippen LogP contribution in [-0.2, 0) is 20.1 Å². The van der Waals surface area contributed by atoms with Crippen LogP contribution in [0.2, 0.25) is 0 Å². The second-order valence-electron chi connectivity index (χ2n) is 10.6. The third-order valence-electron chi connectivity index (χ3n) is 6.36. The van der Waals surface area contributed by atoms with Crippen LogP contribution in [0, 0.1) is 23.5 Å². The molecule has 0 aliphatic carbocycles. The zero-order chi connectivity index (χ0) is 28.6. The Morgan fingerprint density at radius 1 is 1.18 bits per heavy atom. The minimum absolute atomic E-state index is 0.0279. The maximum absolute atomic E-state index is 12.7. The zero-order valence-corrected chi connectivity index (χ0v) is 22.7.